The molecule has 112 valence electrons. The smallest absolute Gasteiger partial charge is 0.303 e. The number of carbonyl (C=O) groups is 2. The third kappa shape index (κ3) is 4.34. The van der Waals surface area contributed by atoms with Crippen LogP contribution < -0.4 is 5.32 Å². The maximum absolute atomic E-state index is 12.0. The van der Waals surface area contributed by atoms with E-state index in [-0.39, 0.29) is 12.3 Å². The first-order valence-electron chi connectivity index (χ1n) is 7.14. The van der Waals surface area contributed by atoms with Crippen molar-refractivity contribution in [3.8, 4) is 0 Å². The summed E-state index contributed by atoms with van der Waals surface area (Å²) < 4.78 is 5.34. The fourth-order valence-corrected chi connectivity index (χ4v) is 2.21. The predicted octanol–water partition coefficient (Wildman–Crippen LogP) is 3.20. The molecule has 0 aliphatic rings. The Hall–Kier alpha value is -2.30. The van der Waals surface area contributed by atoms with E-state index in [1.165, 1.54) is 6.26 Å². The van der Waals surface area contributed by atoms with Crippen LogP contribution in [0.4, 0.5) is 0 Å². The lowest BCUT2D eigenvalue weighted by Gasteiger charge is -2.03. The number of furan rings is 1. The molecule has 0 atom stereocenters. The lowest BCUT2D eigenvalue weighted by molar-refractivity contribution is -0.137. The van der Waals surface area contributed by atoms with E-state index >= 15 is 0 Å². The summed E-state index contributed by atoms with van der Waals surface area (Å²) in [6, 6.07) is 7.43. The van der Waals surface area contributed by atoms with E-state index in [1.54, 1.807) is 0 Å². The minimum absolute atomic E-state index is 0.134. The van der Waals surface area contributed by atoms with Gasteiger partial charge in [-0.2, -0.15) is 0 Å². The summed E-state index contributed by atoms with van der Waals surface area (Å²) in [7, 11) is 0. The fraction of sp³-hybridized carbons (Fsp3) is 0.375. The fourth-order valence-electron chi connectivity index (χ4n) is 2.21. The number of carboxylic acid groups (broad SMARTS) is 1. The van der Waals surface area contributed by atoms with E-state index in [0.29, 0.717) is 24.1 Å². The zero-order chi connectivity index (χ0) is 15.1. The Kier molecular flexibility index (Phi) is 5.37. The minimum Gasteiger partial charge on any atom is -0.481 e. The SMILES string of the molecule is O=C(O)CCCCCCNC(=O)c1coc2ccccc12. The average molecular weight is 289 g/mol. The first kappa shape index (κ1) is 15.1. The highest BCUT2D eigenvalue weighted by atomic mass is 16.4. The van der Waals surface area contributed by atoms with Gasteiger partial charge in [0.15, 0.2) is 0 Å². The standard InChI is InChI=1S/C16H19NO4/c18-15(19)9-3-1-2-6-10-17-16(20)13-11-21-14-8-5-4-7-12(13)14/h4-5,7-8,11H,1-3,6,9-10H2,(H,17,20)(H,18,19). The quantitative estimate of drug-likeness (QED) is 0.731. The highest BCUT2D eigenvalue weighted by Gasteiger charge is 2.12. The molecule has 0 bridgehead atoms. The minimum atomic E-state index is -0.755. The third-order valence-corrected chi connectivity index (χ3v) is 3.33. The van der Waals surface area contributed by atoms with Crippen LogP contribution in [-0.4, -0.2) is 23.5 Å². The molecule has 0 saturated carbocycles. The van der Waals surface area contributed by atoms with Gasteiger partial charge in [0.05, 0.1) is 5.56 Å². The molecule has 0 saturated heterocycles. The van der Waals surface area contributed by atoms with Gasteiger partial charge < -0.3 is 14.8 Å². The van der Waals surface area contributed by atoms with Gasteiger partial charge in [0.25, 0.3) is 5.91 Å². The first-order valence-corrected chi connectivity index (χ1v) is 7.14. The molecular weight excluding hydrogens is 270 g/mol. The number of benzene rings is 1. The highest BCUT2D eigenvalue weighted by molar-refractivity contribution is 6.05. The van der Waals surface area contributed by atoms with Crippen LogP contribution in [0.2, 0.25) is 0 Å². The molecule has 0 unspecified atom stereocenters. The number of carboxylic acids is 1. The second-order valence-electron chi connectivity index (χ2n) is 4.96. The van der Waals surface area contributed by atoms with Crippen molar-refractivity contribution >= 4 is 22.8 Å². The zero-order valence-corrected chi connectivity index (χ0v) is 11.8. The van der Waals surface area contributed by atoms with Crippen molar-refractivity contribution in [3.05, 3.63) is 36.1 Å². The van der Waals surface area contributed by atoms with E-state index in [9.17, 15) is 9.59 Å². The summed E-state index contributed by atoms with van der Waals surface area (Å²) in [6.07, 6.45) is 5.02. The van der Waals surface area contributed by atoms with E-state index < -0.39 is 5.97 Å². The molecule has 21 heavy (non-hydrogen) atoms. The molecule has 0 aliphatic carbocycles. The van der Waals surface area contributed by atoms with Crippen LogP contribution in [-0.2, 0) is 4.79 Å². The van der Waals surface area contributed by atoms with Gasteiger partial charge in [-0.1, -0.05) is 31.0 Å². The Labute approximate surface area is 122 Å². The summed E-state index contributed by atoms with van der Waals surface area (Å²) in [5.41, 5.74) is 1.26. The number of aliphatic carboxylic acids is 1. The summed E-state index contributed by atoms with van der Waals surface area (Å²) in [5.74, 6) is -0.888. The number of carbonyl (C=O) groups excluding carboxylic acids is 1. The molecule has 0 fully saturated rings. The first-order chi connectivity index (χ1) is 10.2. The van der Waals surface area contributed by atoms with E-state index in [4.69, 9.17) is 9.52 Å². The van der Waals surface area contributed by atoms with Crippen molar-refractivity contribution in [1.82, 2.24) is 5.32 Å². The van der Waals surface area contributed by atoms with Crippen molar-refractivity contribution in [2.24, 2.45) is 0 Å². The maximum atomic E-state index is 12.0. The van der Waals surface area contributed by atoms with E-state index in [2.05, 4.69) is 5.32 Å². The molecule has 0 aliphatic heterocycles. The largest absolute Gasteiger partial charge is 0.481 e. The van der Waals surface area contributed by atoms with Gasteiger partial charge in [-0.25, -0.2) is 0 Å². The van der Waals surface area contributed by atoms with Crippen LogP contribution in [0.3, 0.4) is 0 Å². The van der Waals surface area contributed by atoms with E-state index in [0.717, 1.165) is 24.6 Å². The molecule has 5 heteroatoms. The number of amides is 1. The second-order valence-corrected chi connectivity index (χ2v) is 4.96. The number of hydrogen-bond acceptors (Lipinski definition) is 3. The topological polar surface area (TPSA) is 79.5 Å². The molecule has 0 radical (unpaired) electrons. The molecule has 2 rings (SSSR count). The lowest BCUT2D eigenvalue weighted by Crippen LogP contribution is -2.24. The maximum Gasteiger partial charge on any atom is 0.303 e. The van der Waals surface area contributed by atoms with Crippen LogP contribution in [0.1, 0.15) is 42.5 Å². The number of unbranched alkanes of at least 4 members (excludes halogenated alkanes) is 3. The Morgan fingerprint density at radius 2 is 1.86 bits per heavy atom. The summed E-state index contributed by atoms with van der Waals surface area (Å²) in [4.78, 5) is 22.4. The Bertz CT molecular complexity index is 618. The lowest BCUT2D eigenvalue weighted by atomic mass is 10.1. The molecule has 2 N–H and O–H groups in total. The number of fused-ring (bicyclic) bond motifs is 1. The number of rotatable bonds is 8. The van der Waals surface area contributed by atoms with Gasteiger partial charge in [0, 0.05) is 18.4 Å². The molecular formula is C16H19NO4. The third-order valence-electron chi connectivity index (χ3n) is 3.33. The molecule has 1 heterocycles. The van der Waals surface area contributed by atoms with Crippen molar-refractivity contribution in [2.45, 2.75) is 32.1 Å². The Morgan fingerprint density at radius 3 is 2.67 bits per heavy atom. The monoisotopic (exact) mass is 289 g/mol. The van der Waals surface area contributed by atoms with Crippen LogP contribution >= 0.6 is 0 Å². The average Bonchev–Trinajstić information content (AvgIpc) is 2.89. The van der Waals surface area contributed by atoms with Gasteiger partial charge in [-0.3, -0.25) is 9.59 Å². The van der Waals surface area contributed by atoms with Crippen molar-refractivity contribution in [2.75, 3.05) is 6.54 Å². The molecule has 2 aromatic rings. The van der Waals surface area contributed by atoms with Crippen LogP contribution in [0.5, 0.6) is 0 Å². The van der Waals surface area contributed by atoms with Crippen molar-refractivity contribution in [1.29, 1.82) is 0 Å². The second kappa shape index (κ2) is 7.47. The number of para-hydroxylation sites is 1. The predicted molar refractivity (Wildman–Crippen MR) is 79.3 cm³/mol. The number of nitrogens with one attached hydrogen (secondary N) is 1. The van der Waals surface area contributed by atoms with Gasteiger partial charge >= 0.3 is 5.97 Å². The van der Waals surface area contributed by atoms with Gasteiger partial charge in [-0.05, 0) is 18.9 Å². The van der Waals surface area contributed by atoms with Gasteiger partial charge in [0.2, 0.25) is 0 Å². The van der Waals surface area contributed by atoms with Crippen LogP contribution in [0, 0.1) is 0 Å². The van der Waals surface area contributed by atoms with Gasteiger partial charge in [0.1, 0.15) is 11.8 Å². The van der Waals surface area contributed by atoms with E-state index in [1.807, 2.05) is 24.3 Å². The highest BCUT2D eigenvalue weighted by Crippen LogP contribution is 2.20. The number of hydrogen-bond donors (Lipinski definition) is 2. The van der Waals surface area contributed by atoms with Crippen molar-refractivity contribution in [3.63, 3.8) is 0 Å². The van der Waals surface area contributed by atoms with Crippen molar-refractivity contribution < 1.29 is 19.1 Å². The Morgan fingerprint density at radius 1 is 1.10 bits per heavy atom. The molecule has 0 spiro atoms. The Balaban J connectivity index is 1.71. The zero-order valence-electron chi connectivity index (χ0n) is 11.8. The van der Waals surface area contributed by atoms with Gasteiger partial charge in [-0.15, -0.1) is 0 Å². The molecule has 1 amide bonds. The van der Waals surface area contributed by atoms with Crippen LogP contribution in [0.25, 0.3) is 11.0 Å². The molecule has 5 nitrogen and oxygen atoms in total. The normalized spacial score (nSPS) is 10.7. The summed E-state index contributed by atoms with van der Waals surface area (Å²) in [6.45, 7) is 0.589. The van der Waals surface area contributed by atoms with Crippen LogP contribution in [0.15, 0.2) is 34.9 Å². The molecule has 1 aromatic heterocycles. The molecule has 1 aromatic carbocycles. The summed E-state index contributed by atoms with van der Waals surface area (Å²) in [5, 5.41) is 12.2. The summed E-state index contributed by atoms with van der Waals surface area (Å²) >= 11 is 0.